The molecule has 0 amide bonds. The fraction of sp³-hybridized carbons (Fsp3) is 0.500. The van der Waals surface area contributed by atoms with Crippen LogP contribution in [0.1, 0.15) is 67.4 Å². The van der Waals surface area contributed by atoms with Gasteiger partial charge in [0.1, 0.15) is 0 Å². The Hall–Kier alpha value is -1.30. The van der Waals surface area contributed by atoms with Crippen LogP contribution < -0.4 is 0 Å². The quantitative estimate of drug-likeness (QED) is 0.521. The Bertz CT molecular complexity index is 384. The molecule has 0 spiro atoms. The van der Waals surface area contributed by atoms with Gasteiger partial charge in [-0.25, -0.2) is 0 Å². The summed E-state index contributed by atoms with van der Waals surface area (Å²) < 4.78 is 0. The van der Waals surface area contributed by atoms with Gasteiger partial charge < -0.3 is 0 Å². The topological polar surface area (TPSA) is 0 Å². The molecule has 0 saturated heterocycles. The van der Waals surface area contributed by atoms with Crippen LogP contribution in [0.15, 0.2) is 54.1 Å². The first-order chi connectivity index (χ1) is 9.21. The van der Waals surface area contributed by atoms with E-state index in [0.29, 0.717) is 0 Å². The Morgan fingerprint density at radius 3 is 2.05 bits per heavy atom. The van der Waals surface area contributed by atoms with Crippen molar-refractivity contribution < 1.29 is 0 Å². The van der Waals surface area contributed by atoms with Crippen LogP contribution in [-0.4, -0.2) is 0 Å². The van der Waals surface area contributed by atoms with Crippen molar-refractivity contribution in [2.45, 2.75) is 67.2 Å². The van der Waals surface area contributed by atoms with E-state index in [-0.39, 0.29) is 12.8 Å². The molecule has 1 aromatic rings. The van der Waals surface area contributed by atoms with Crippen LogP contribution in [-0.2, 0) is 5.41 Å². The number of hydrogen-bond donors (Lipinski definition) is 0. The SMILES string of the molecule is C.CC.CC.CC1=CC=CCC(C)(c2ccccc2)C1. The molecule has 0 radical (unpaired) electrons. The Labute approximate surface area is 127 Å². The molecule has 2 rings (SSSR count). The summed E-state index contributed by atoms with van der Waals surface area (Å²) in [4.78, 5) is 0. The molecule has 0 aromatic heterocycles. The molecule has 0 bridgehead atoms. The van der Waals surface area contributed by atoms with Crippen LogP contribution in [0.25, 0.3) is 0 Å². The minimum Gasteiger partial charge on any atom is -0.0837 e. The minimum absolute atomic E-state index is 0. The highest BCUT2D eigenvalue weighted by atomic mass is 14.3. The van der Waals surface area contributed by atoms with Gasteiger partial charge in [-0.2, -0.15) is 0 Å². The first kappa shape index (κ1) is 21.0. The average Bonchev–Trinajstić information content (AvgIpc) is 2.66. The van der Waals surface area contributed by atoms with Crippen LogP contribution in [0, 0.1) is 0 Å². The number of rotatable bonds is 1. The lowest BCUT2D eigenvalue weighted by Crippen LogP contribution is -2.20. The molecule has 0 N–H and O–H groups in total. The van der Waals surface area contributed by atoms with Crippen LogP contribution in [0.4, 0.5) is 0 Å². The summed E-state index contributed by atoms with van der Waals surface area (Å²) in [6, 6.07) is 10.8. The summed E-state index contributed by atoms with van der Waals surface area (Å²) in [5.74, 6) is 0. The third kappa shape index (κ3) is 6.23. The predicted octanol–water partition coefficient (Wildman–Crippen LogP) is 6.93. The average molecular weight is 274 g/mol. The van der Waals surface area contributed by atoms with Crippen LogP contribution in [0.3, 0.4) is 0 Å². The van der Waals surface area contributed by atoms with E-state index in [2.05, 4.69) is 62.4 Å². The Kier molecular flexibility index (Phi) is 12.1. The molecule has 1 aliphatic rings. The van der Waals surface area contributed by atoms with Gasteiger partial charge in [0.25, 0.3) is 0 Å². The standard InChI is InChI=1S/C15H18.2C2H6.CH4/c1-13-8-6-7-11-15(2,12-13)14-9-4-3-5-10-14;2*1-2;/h3-10H,11-12H2,1-2H3;2*1-2H3;1H4. The Morgan fingerprint density at radius 1 is 0.950 bits per heavy atom. The molecular formula is C20H34. The molecule has 0 heterocycles. The summed E-state index contributed by atoms with van der Waals surface area (Å²) in [5.41, 5.74) is 3.19. The van der Waals surface area contributed by atoms with Gasteiger partial charge in [-0.05, 0) is 30.7 Å². The van der Waals surface area contributed by atoms with Crippen molar-refractivity contribution >= 4 is 0 Å². The van der Waals surface area contributed by atoms with Gasteiger partial charge in [-0.3, -0.25) is 0 Å². The molecule has 0 saturated carbocycles. The molecule has 1 atom stereocenters. The smallest absolute Gasteiger partial charge is 0.000362 e. The van der Waals surface area contributed by atoms with Crippen molar-refractivity contribution in [2.24, 2.45) is 0 Å². The zero-order valence-corrected chi connectivity index (χ0v) is 13.5. The van der Waals surface area contributed by atoms with E-state index in [0.717, 1.165) is 12.8 Å². The van der Waals surface area contributed by atoms with E-state index in [1.165, 1.54) is 11.1 Å². The van der Waals surface area contributed by atoms with Gasteiger partial charge >= 0.3 is 0 Å². The van der Waals surface area contributed by atoms with Crippen LogP contribution >= 0.6 is 0 Å². The van der Waals surface area contributed by atoms with Gasteiger partial charge in [-0.15, -0.1) is 0 Å². The van der Waals surface area contributed by atoms with Crippen molar-refractivity contribution in [3.8, 4) is 0 Å². The molecule has 1 aromatic carbocycles. The third-order valence-electron chi connectivity index (χ3n) is 3.22. The van der Waals surface area contributed by atoms with E-state index in [9.17, 15) is 0 Å². The van der Waals surface area contributed by atoms with Crippen molar-refractivity contribution in [2.75, 3.05) is 0 Å². The largest absolute Gasteiger partial charge is 0.0837 e. The first-order valence-corrected chi connectivity index (χ1v) is 7.58. The van der Waals surface area contributed by atoms with Crippen molar-refractivity contribution in [3.63, 3.8) is 0 Å². The van der Waals surface area contributed by atoms with Crippen LogP contribution in [0.5, 0.6) is 0 Å². The molecule has 0 aliphatic heterocycles. The monoisotopic (exact) mass is 274 g/mol. The summed E-state index contributed by atoms with van der Waals surface area (Å²) in [6.45, 7) is 12.6. The lowest BCUT2D eigenvalue weighted by molar-refractivity contribution is 0.476. The van der Waals surface area contributed by atoms with E-state index in [1.54, 1.807) is 0 Å². The molecule has 114 valence electrons. The van der Waals surface area contributed by atoms with E-state index in [4.69, 9.17) is 0 Å². The lowest BCUT2D eigenvalue weighted by Gasteiger charge is -2.28. The van der Waals surface area contributed by atoms with E-state index < -0.39 is 0 Å². The zero-order chi connectivity index (χ0) is 14.7. The van der Waals surface area contributed by atoms with Crippen LogP contribution in [0.2, 0.25) is 0 Å². The second-order valence-electron chi connectivity index (χ2n) is 4.75. The summed E-state index contributed by atoms with van der Waals surface area (Å²) >= 11 is 0. The maximum absolute atomic E-state index is 2.36. The van der Waals surface area contributed by atoms with E-state index >= 15 is 0 Å². The van der Waals surface area contributed by atoms with Gasteiger partial charge in [0.05, 0.1) is 0 Å². The normalized spacial score (nSPS) is 20.0. The van der Waals surface area contributed by atoms with E-state index in [1.807, 2.05) is 27.7 Å². The molecule has 0 heteroatoms. The minimum atomic E-state index is 0. The second kappa shape index (κ2) is 11.5. The summed E-state index contributed by atoms with van der Waals surface area (Å²) in [5, 5.41) is 0. The third-order valence-corrected chi connectivity index (χ3v) is 3.22. The van der Waals surface area contributed by atoms with Crippen molar-refractivity contribution in [1.82, 2.24) is 0 Å². The van der Waals surface area contributed by atoms with Gasteiger partial charge in [0.2, 0.25) is 0 Å². The van der Waals surface area contributed by atoms with Crippen molar-refractivity contribution in [3.05, 3.63) is 59.7 Å². The maximum atomic E-state index is 2.36. The molecule has 20 heavy (non-hydrogen) atoms. The fourth-order valence-corrected chi connectivity index (χ4v) is 2.37. The lowest BCUT2D eigenvalue weighted by atomic mass is 9.75. The highest BCUT2D eigenvalue weighted by Crippen LogP contribution is 2.35. The predicted molar refractivity (Wildman–Crippen MR) is 95.4 cm³/mol. The number of allylic oxidation sites excluding steroid dienone is 4. The molecule has 0 nitrogen and oxygen atoms in total. The second-order valence-corrected chi connectivity index (χ2v) is 4.75. The Morgan fingerprint density at radius 2 is 1.50 bits per heavy atom. The van der Waals surface area contributed by atoms with Gasteiger partial charge in [-0.1, -0.05) is 96.2 Å². The molecular weight excluding hydrogens is 240 g/mol. The highest BCUT2D eigenvalue weighted by molar-refractivity contribution is 5.30. The summed E-state index contributed by atoms with van der Waals surface area (Å²) in [7, 11) is 0. The summed E-state index contributed by atoms with van der Waals surface area (Å²) in [6.07, 6.45) is 8.98. The molecule has 1 aliphatic carbocycles. The zero-order valence-electron chi connectivity index (χ0n) is 13.5. The fourth-order valence-electron chi connectivity index (χ4n) is 2.37. The first-order valence-electron chi connectivity index (χ1n) is 7.58. The van der Waals surface area contributed by atoms with Gasteiger partial charge in [0, 0.05) is 0 Å². The molecule has 0 fully saturated rings. The number of benzene rings is 1. The molecule has 1 unspecified atom stereocenters. The van der Waals surface area contributed by atoms with Crippen molar-refractivity contribution in [1.29, 1.82) is 0 Å². The highest BCUT2D eigenvalue weighted by Gasteiger charge is 2.26. The van der Waals surface area contributed by atoms with Gasteiger partial charge in [0.15, 0.2) is 0 Å². The Balaban J connectivity index is 0. The maximum Gasteiger partial charge on any atom is -0.000362 e. The number of hydrogen-bond acceptors (Lipinski definition) is 0.